The Bertz CT molecular complexity index is 381. The first-order valence-corrected chi connectivity index (χ1v) is 6.43. The van der Waals surface area contributed by atoms with E-state index < -0.39 is 0 Å². The largest absolute Gasteiger partial charge is 0.484 e. The molecule has 1 aliphatic rings. The summed E-state index contributed by atoms with van der Waals surface area (Å²) < 4.78 is 5.50. The molecule has 0 spiro atoms. The zero-order valence-corrected chi connectivity index (χ0v) is 10.8. The van der Waals surface area contributed by atoms with E-state index in [0.29, 0.717) is 6.04 Å². The van der Waals surface area contributed by atoms with E-state index in [1.54, 1.807) is 0 Å². The Morgan fingerprint density at radius 2 is 2.22 bits per heavy atom. The average Bonchev–Trinajstić information content (AvgIpc) is 2.86. The summed E-state index contributed by atoms with van der Waals surface area (Å²) in [7, 11) is 1.92. The Kier molecular flexibility index (Phi) is 4.59. The van der Waals surface area contributed by atoms with Crippen molar-refractivity contribution in [2.75, 3.05) is 26.7 Å². The second kappa shape index (κ2) is 6.40. The normalized spacial score (nSPS) is 18.9. The molecular formula is C14H20N2O2. The highest BCUT2D eigenvalue weighted by Crippen LogP contribution is 2.17. The molecular weight excluding hydrogens is 228 g/mol. The number of benzene rings is 1. The molecule has 0 unspecified atom stereocenters. The molecule has 0 radical (unpaired) electrons. The molecule has 0 aliphatic carbocycles. The maximum atomic E-state index is 12.1. The minimum atomic E-state index is 0.0802. The van der Waals surface area contributed by atoms with Crippen LogP contribution in [0.5, 0.6) is 5.75 Å². The number of hydrogen-bond acceptors (Lipinski definition) is 3. The van der Waals surface area contributed by atoms with Gasteiger partial charge in [0, 0.05) is 19.1 Å². The highest BCUT2D eigenvalue weighted by Gasteiger charge is 2.28. The lowest BCUT2D eigenvalue weighted by molar-refractivity contribution is -0.134. The number of carbonyl (C=O) groups is 1. The zero-order chi connectivity index (χ0) is 12.8. The van der Waals surface area contributed by atoms with E-state index in [9.17, 15) is 4.79 Å². The van der Waals surface area contributed by atoms with Gasteiger partial charge in [0.1, 0.15) is 5.75 Å². The zero-order valence-electron chi connectivity index (χ0n) is 10.8. The number of hydrogen-bond donors (Lipinski definition) is 1. The first kappa shape index (κ1) is 12.9. The molecule has 4 heteroatoms. The molecule has 0 aromatic heterocycles. The van der Waals surface area contributed by atoms with Gasteiger partial charge in [-0.15, -0.1) is 0 Å². The topological polar surface area (TPSA) is 41.6 Å². The maximum absolute atomic E-state index is 12.1. The first-order chi connectivity index (χ1) is 8.81. The van der Waals surface area contributed by atoms with Crippen LogP contribution < -0.4 is 10.1 Å². The summed E-state index contributed by atoms with van der Waals surface area (Å²) in [5.41, 5.74) is 0. The molecule has 0 saturated carbocycles. The van der Waals surface area contributed by atoms with Gasteiger partial charge in [-0.2, -0.15) is 0 Å². The van der Waals surface area contributed by atoms with Crippen molar-refractivity contribution >= 4 is 5.91 Å². The van der Waals surface area contributed by atoms with E-state index >= 15 is 0 Å². The molecule has 1 N–H and O–H groups in total. The Hall–Kier alpha value is -1.55. The van der Waals surface area contributed by atoms with Gasteiger partial charge >= 0.3 is 0 Å². The van der Waals surface area contributed by atoms with Gasteiger partial charge in [0.15, 0.2) is 6.61 Å². The third-order valence-electron chi connectivity index (χ3n) is 3.24. The van der Waals surface area contributed by atoms with Crippen LogP contribution in [0.15, 0.2) is 30.3 Å². The molecule has 1 aromatic rings. The minimum Gasteiger partial charge on any atom is -0.484 e. The quantitative estimate of drug-likeness (QED) is 0.853. The van der Waals surface area contributed by atoms with E-state index in [2.05, 4.69) is 5.32 Å². The van der Waals surface area contributed by atoms with Crippen molar-refractivity contribution in [1.82, 2.24) is 10.2 Å². The fourth-order valence-corrected chi connectivity index (χ4v) is 2.36. The Morgan fingerprint density at radius 1 is 1.44 bits per heavy atom. The van der Waals surface area contributed by atoms with Crippen molar-refractivity contribution in [1.29, 1.82) is 0 Å². The monoisotopic (exact) mass is 248 g/mol. The number of nitrogens with zero attached hydrogens (tertiary/aromatic N) is 1. The van der Waals surface area contributed by atoms with Crippen LogP contribution >= 0.6 is 0 Å². The van der Waals surface area contributed by atoms with Crippen LogP contribution in [0.2, 0.25) is 0 Å². The molecule has 98 valence electrons. The van der Waals surface area contributed by atoms with Crippen molar-refractivity contribution in [2.24, 2.45) is 0 Å². The predicted octanol–water partition coefficient (Wildman–Crippen LogP) is 1.28. The molecule has 1 atom stereocenters. The van der Waals surface area contributed by atoms with Crippen LogP contribution in [0, 0.1) is 0 Å². The fraction of sp³-hybridized carbons (Fsp3) is 0.500. The van der Waals surface area contributed by atoms with Gasteiger partial charge in [0.25, 0.3) is 5.91 Å². The number of nitrogens with one attached hydrogen (secondary N) is 1. The second-order valence-electron chi connectivity index (χ2n) is 4.54. The van der Waals surface area contributed by atoms with E-state index in [0.717, 1.165) is 31.7 Å². The van der Waals surface area contributed by atoms with E-state index in [-0.39, 0.29) is 12.5 Å². The van der Waals surface area contributed by atoms with Crippen LogP contribution in [0.4, 0.5) is 0 Å². The summed E-state index contributed by atoms with van der Waals surface area (Å²) in [4.78, 5) is 14.0. The molecule has 1 aromatic carbocycles. The molecule has 18 heavy (non-hydrogen) atoms. The fourth-order valence-electron chi connectivity index (χ4n) is 2.36. The van der Waals surface area contributed by atoms with Gasteiger partial charge in [-0.05, 0) is 32.0 Å². The molecule has 4 nitrogen and oxygen atoms in total. The van der Waals surface area contributed by atoms with Crippen LogP contribution in [-0.4, -0.2) is 43.6 Å². The summed E-state index contributed by atoms with van der Waals surface area (Å²) >= 11 is 0. The smallest absolute Gasteiger partial charge is 0.260 e. The highest BCUT2D eigenvalue weighted by molar-refractivity contribution is 5.78. The number of likely N-dealkylation sites (N-methyl/N-ethyl adjacent to an activating group) is 1. The summed E-state index contributed by atoms with van der Waals surface area (Å²) in [6.07, 6.45) is 2.17. The van der Waals surface area contributed by atoms with Crippen molar-refractivity contribution < 1.29 is 9.53 Å². The third-order valence-corrected chi connectivity index (χ3v) is 3.24. The molecule has 1 fully saturated rings. The third kappa shape index (κ3) is 3.23. The van der Waals surface area contributed by atoms with Gasteiger partial charge in [0.2, 0.25) is 0 Å². The lowest BCUT2D eigenvalue weighted by Crippen LogP contribution is -2.43. The SMILES string of the molecule is CNC[C@@H]1CCCN1C(=O)COc1ccccc1. The average molecular weight is 248 g/mol. The van der Waals surface area contributed by atoms with Crippen LogP contribution in [0.1, 0.15) is 12.8 Å². The standard InChI is InChI=1S/C14H20N2O2/c1-15-10-12-6-5-9-16(12)14(17)11-18-13-7-3-2-4-8-13/h2-4,7-8,12,15H,5-6,9-11H2,1H3/t12-/m0/s1. The van der Waals surface area contributed by atoms with Gasteiger partial charge in [-0.1, -0.05) is 18.2 Å². The number of likely N-dealkylation sites (tertiary alicyclic amines) is 1. The molecule has 0 bridgehead atoms. The van der Waals surface area contributed by atoms with Gasteiger partial charge in [-0.25, -0.2) is 0 Å². The highest BCUT2D eigenvalue weighted by atomic mass is 16.5. The van der Waals surface area contributed by atoms with E-state index in [4.69, 9.17) is 4.74 Å². The van der Waals surface area contributed by atoms with Gasteiger partial charge in [-0.3, -0.25) is 4.79 Å². The summed E-state index contributed by atoms with van der Waals surface area (Å²) in [6, 6.07) is 9.78. The van der Waals surface area contributed by atoms with Crippen molar-refractivity contribution in [3.63, 3.8) is 0 Å². The van der Waals surface area contributed by atoms with Crippen molar-refractivity contribution in [3.05, 3.63) is 30.3 Å². The molecule has 1 heterocycles. The molecule has 1 saturated heterocycles. The number of ether oxygens (including phenoxy) is 1. The first-order valence-electron chi connectivity index (χ1n) is 6.43. The summed E-state index contributed by atoms with van der Waals surface area (Å²) in [6.45, 7) is 1.84. The Balaban J connectivity index is 1.84. The lowest BCUT2D eigenvalue weighted by atomic mass is 10.2. The second-order valence-corrected chi connectivity index (χ2v) is 4.54. The molecule has 2 rings (SSSR count). The van der Waals surface area contributed by atoms with Crippen molar-refractivity contribution in [3.8, 4) is 5.75 Å². The van der Waals surface area contributed by atoms with Crippen LogP contribution in [-0.2, 0) is 4.79 Å². The molecule has 1 amide bonds. The summed E-state index contributed by atoms with van der Waals surface area (Å²) in [5.74, 6) is 0.826. The van der Waals surface area contributed by atoms with E-state index in [1.165, 1.54) is 0 Å². The van der Waals surface area contributed by atoms with Crippen LogP contribution in [0.3, 0.4) is 0 Å². The van der Waals surface area contributed by atoms with Gasteiger partial charge in [0.05, 0.1) is 0 Å². The predicted molar refractivity (Wildman–Crippen MR) is 70.6 cm³/mol. The van der Waals surface area contributed by atoms with E-state index in [1.807, 2.05) is 42.3 Å². The Morgan fingerprint density at radius 3 is 2.94 bits per heavy atom. The Labute approximate surface area is 108 Å². The molecule has 1 aliphatic heterocycles. The number of para-hydroxylation sites is 1. The number of carbonyl (C=O) groups excluding carboxylic acids is 1. The summed E-state index contributed by atoms with van der Waals surface area (Å²) in [5, 5.41) is 3.13. The van der Waals surface area contributed by atoms with Crippen LogP contribution in [0.25, 0.3) is 0 Å². The maximum Gasteiger partial charge on any atom is 0.260 e. The number of rotatable bonds is 5. The number of amides is 1. The lowest BCUT2D eigenvalue weighted by Gasteiger charge is -2.24. The van der Waals surface area contributed by atoms with Crippen molar-refractivity contribution in [2.45, 2.75) is 18.9 Å². The van der Waals surface area contributed by atoms with Gasteiger partial charge < -0.3 is 15.0 Å². The minimum absolute atomic E-state index is 0.0802.